The van der Waals surface area contributed by atoms with Crippen LogP contribution in [0.2, 0.25) is 0 Å². The maximum atomic E-state index is 13.7. The van der Waals surface area contributed by atoms with E-state index in [0.29, 0.717) is 5.56 Å². The number of rotatable bonds is 6. The van der Waals surface area contributed by atoms with Crippen LogP contribution in [0.1, 0.15) is 21.5 Å². The van der Waals surface area contributed by atoms with Gasteiger partial charge in [-0.2, -0.15) is 8.78 Å². The number of hydrogen-bond acceptors (Lipinski definition) is 7. The van der Waals surface area contributed by atoms with Crippen molar-refractivity contribution in [2.75, 3.05) is 6.61 Å². The lowest BCUT2D eigenvalue weighted by Gasteiger charge is -2.12. The number of carbonyl (C=O) groups is 2. The van der Waals surface area contributed by atoms with Crippen molar-refractivity contribution in [3.05, 3.63) is 98.0 Å². The largest absolute Gasteiger partial charge is 0.476 e. The average molecular weight is 521 g/mol. The van der Waals surface area contributed by atoms with Crippen LogP contribution in [0, 0.1) is 46.1 Å². The molecule has 0 saturated carbocycles. The standard InChI is InChI=1S/C24H12F5NO7/c1-10-14(36-16(31)9-35-24-20(28)18(26)17(25)19(27)21(24)29)7-6-13-22(32)15(37-23(10)13)8-11-2-4-12(5-3-11)30(33)34/h2-8H,9H2,1H3/b15-8-. The second-order valence-corrected chi connectivity index (χ2v) is 7.52. The molecule has 190 valence electrons. The Bertz CT molecular complexity index is 1470. The number of nitro benzene ring substituents is 1. The highest BCUT2D eigenvalue weighted by Crippen LogP contribution is 2.39. The summed E-state index contributed by atoms with van der Waals surface area (Å²) >= 11 is 0. The van der Waals surface area contributed by atoms with Crippen molar-refractivity contribution in [2.24, 2.45) is 0 Å². The molecule has 1 aliphatic heterocycles. The van der Waals surface area contributed by atoms with Crippen molar-refractivity contribution in [2.45, 2.75) is 6.92 Å². The quantitative estimate of drug-likeness (QED) is 0.0642. The number of carbonyl (C=O) groups excluding carboxylic acids is 2. The van der Waals surface area contributed by atoms with Crippen molar-refractivity contribution < 1.29 is 50.7 Å². The van der Waals surface area contributed by atoms with Gasteiger partial charge in [-0.15, -0.1) is 0 Å². The Labute approximate surface area is 203 Å². The summed E-state index contributed by atoms with van der Waals surface area (Å²) in [6, 6.07) is 7.84. The first-order chi connectivity index (χ1) is 17.5. The third-order valence-electron chi connectivity index (χ3n) is 5.17. The third-order valence-corrected chi connectivity index (χ3v) is 5.17. The number of ether oxygens (including phenoxy) is 3. The van der Waals surface area contributed by atoms with E-state index in [1.807, 2.05) is 0 Å². The maximum absolute atomic E-state index is 13.7. The molecule has 1 aliphatic rings. The maximum Gasteiger partial charge on any atom is 0.349 e. The molecule has 0 saturated heterocycles. The molecule has 1 heterocycles. The van der Waals surface area contributed by atoms with Crippen molar-refractivity contribution in [3.63, 3.8) is 0 Å². The second-order valence-electron chi connectivity index (χ2n) is 7.52. The molecule has 0 radical (unpaired) electrons. The molecule has 8 nitrogen and oxygen atoms in total. The lowest BCUT2D eigenvalue weighted by atomic mass is 10.1. The molecule has 0 bridgehead atoms. The lowest BCUT2D eigenvalue weighted by molar-refractivity contribution is -0.384. The van der Waals surface area contributed by atoms with Crippen LogP contribution in [0.25, 0.3) is 6.08 Å². The van der Waals surface area contributed by atoms with Crippen molar-refractivity contribution in [1.29, 1.82) is 0 Å². The molecular weight excluding hydrogens is 509 g/mol. The molecule has 0 amide bonds. The topological polar surface area (TPSA) is 105 Å². The van der Waals surface area contributed by atoms with Gasteiger partial charge in [0.15, 0.2) is 18.1 Å². The molecule has 37 heavy (non-hydrogen) atoms. The van der Waals surface area contributed by atoms with Gasteiger partial charge < -0.3 is 14.2 Å². The van der Waals surface area contributed by atoms with Gasteiger partial charge in [-0.05, 0) is 42.8 Å². The Kier molecular flexibility index (Phi) is 6.62. The first-order valence-corrected chi connectivity index (χ1v) is 10.2. The minimum Gasteiger partial charge on any atom is -0.476 e. The first-order valence-electron chi connectivity index (χ1n) is 10.2. The highest BCUT2D eigenvalue weighted by atomic mass is 19.2. The molecule has 4 rings (SSSR count). The molecular formula is C24H12F5NO7. The van der Waals surface area contributed by atoms with Crippen LogP contribution in [0.5, 0.6) is 17.2 Å². The molecule has 13 heteroatoms. The molecule has 0 spiro atoms. The number of benzene rings is 3. The molecule has 0 aromatic heterocycles. The number of allylic oxidation sites excluding steroid dienone is 1. The van der Waals surface area contributed by atoms with Gasteiger partial charge in [0, 0.05) is 17.7 Å². The van der Waals surface area contributed by atoms with E-state index in [9.17, 15) is 41.7 Å². The van der Waals surface area contributed by atoms with Gasteiger partial charge in [-0.1, -0.05) is 0 Å². The van der Waals surface area contributed by atoms with Crippen LogP contribution in [-0.2, 0) is 4.79 Å². The van der Waals surface area contributed by atoms with Gasteiger partial charge in [-0.25, -0.2) is 18.0 Å². The number of hydrogen-bond donors (Lipinski definition) is 0. The summed E-state index contributed by atoms with van der Waals surface area (Å²) in [5, 5.41) is 10.8. The Morgan fingerprint density at radius 2 is 1.57 bits per heavy atom. The zero-order valence-corrected chi connectivity index (χ0v) is 18.4. The Balaban J connectivity index is 1.49. The fourth-order valence-corrected chi connectivity index (χ4v) is 3.32. The summed E-state index contributed by atoms with van der Waals surface area (Å²) in [5.74, 6) is -15.0. The van der Waals surface area contributed by atoms with E-state index >= 15 is 0 Å². The number of Topliss-reactive ketones (excluding diaryl/α,β-unsaturated/α-hetero) is 1. The summed E-state index contributed by atoms with van der Waals surface area (Å²) in [5.41, 5.74) is 0.609. The van der Waals surface area contributed by atoms with Crippen molar-refractivity contribution in [1.82, 2.24) is 0 Å². The number of esters is 1. The molecule has 3 aromatic rings. The molecule has 0 N–H and O–H groups in total. The van der Waals surface area contributed by atoms with Crippen LogP contribution < -0.4 is 14.2 Å². The number of halogens is 5. The van der Waals surface area contributed by atoms with Gasteiger partial charge in [-0.3, -0.25) is 14.9 Å². The van der Waals surface area contributed by atoms with Gasteiger partial charge in [0.2, 0.25) is 34.9 Å². The number of fused-ring (bicyclic) bond motifs is 1. The smallest absolute Gasteiger partial charge is 0.349 e. The first kappa shape index (κ1) is 25.3. The Morgan fingerprint density at radius 3 is 2.16 bits per heavy atom. The van der Waals surface area contributed by atoms with Crippen molar-refractivity contribution >= 4 is 23.5 Å². The summed E-state index contributed by atoms with van der Waals surface area (Å²) in [7, 11) is 0. The van der Waals surface area contributed by atoms with Gasteiger partial charge in [0.25, 0.3) is 5.69 Å². The minimum absolute atomic E-state index is 0.0455. The van der Waals surface area contributed by atoms with E-state index in [1.165, 1.54) is 49.4 Å². The molecule has 0 atom stereocenters. The molecule has 0 aliphatic carbocycles. The monoisotopic (exact) mass is 521 g/mol. The third kappa shape index (κ3) is 4.70. The summed E-state index contributed by atoms with van der Waals surface area (Å²) < 4.78 is 82.2. The Morgan fingerprint density at radius 1 is 0.973 bits per heavy atom. The van der Waals surface area contributed by atoms with Gasteiger partial charge in [0.05, 0.1) is 10.5 Å². The predicted molar refractivity (Wildman–Crippen MR) is 115 cm³/mol. The van der Waals surface area contributed by atoms with Gasteiger partial charge >= 0.3 is 5.97 Å². The van der Waals surface area contributed by atoms with E-state index in [0.717, 1.165) is 0 Å². The van der Waals surface area contributed by atoms with E-state index in [1.54, 1.807) is 0 Å². The fourth-order valence-electron chi connectivity index (χ4n) is 3.32. The highest BCUT2D eigenvalue weighted by Gasteiger charge is 2.31. The lowest BCUT2D eigenvalue weighted by Crippen LogP contribution is -2.20. The van der Waals surface area contributed by atoms with Crippen LogP contribution in [-0.4, -0.2) is 23.3 Å². The van der Waals surface area contributed by atoms with E-state index in [2.05, 4.69) is 4.74 Å². The molecule has 3 aromatic carbocycles. The van der Waals surface area contributed by atoms with Crippen LogP contribution in [0.4, 0.5) is 27.6 Å². The Hall–Kier alpha value is -4.81. The second kappa shape index (κ2) is 9.68. The van der Waals surface area contributed by atoms with Crippen LogP contribution in [0.3, 0.4) is 0 Å². The normalized spacial score (nSPS) is 13.4. The number of ketones is 1. The van der Waals surface area contributed by atoms with Crippen LogP contribution in [0.15, 0.2) is 42.2 Å². The number of nitro groups is 1. The summed E-state index contributed by atoms with van der Waals surface area (Å²) in [6.07, 6.45) is 1.36. The summed E-state index contributed by atoms with van der Waals surface area (Å²) in [4.78, 5) is 35.0. The van der Waals surface area contributed by atoms with Crippen molar-refractivity contribution in [3.8, 4) is 17.2 Å². The highest BCUT2D eigenvalue weighted by molar-refractivity contribution is 6.15. The SMILES string of the molecule is Cc1c(OC(=O)COc2c(F)c(F)c(F)c(F)c2F)ccc2c1O/C(=C\c1ccc([N+](=O)[O-])cc1)C2=O. The van der Waals surface area contributed by atoms with Gasteiger partial charge in [0.1, 0.15) is 11.5 Å². The predicted octanol–water partition coefficient (Wildman–Crippen LogP) is 5.20. The zero-order chi connectivity index (χ0) is 27.0. The zero-order valence-electron chi connectivity index (χ0n) is 18.4. The minimum atomic E-state index is -2.38. The fraction of sp³-hybridized carbons (Fsp3) is 0.0833. The average Bonchev–Trinajstić information content (AvgIpc) is 3.19. The molecule has 0 fully saturated rings. The van der Waals surface area contributed by atoms with E-state index in [4.69, 9.17) is 9.47 Å². The summed E-state index contributed by atoms with van der Waals surface area (Å²) in [6.45, 7) is 0.231. The van der Waals surface area contributed by atoms with Crippen LogP contribution >= 0.6 is 0 Å². The number of nitrogens with zero attached hydrogens (tertiary/aromatic N) is 1. The number of non-ortho nitro benzene ring substituents is 1. The van der Waals surface area contributed by atoms with E-state index in [-0.39, 0.29) is 34.1 Å². The molecule has 0 unspecified atom stereocenters. The van der Waals surface area contributed by atoms with E-state index < -0.39 is 58.1 Å².